The van der Waals surface area contributed by atoms with E-state index in [1.807, 2.05) is 0 Å². The highest BCUT2D eigenvalue weighted by Gasteiger charge is 2.38. The number of hydrogen-bond donors (Lipinski definition) is 1. The predicted molar refractivity (Wildman–Crippen MR) is 136 cm³/mol. The van der Waals surface area contributed by atoms with Crippen LogP contribution in [-0.2, 0) is 21.2 Å². The van der Waals surface area contributed by atoms with E-state index in [0.29, 0.717) is 31.9 Å². The van der Waals surface area contributed by atoms with Gasteiger partial charge >= 0.3 is 0 Å². The Morgan fingerprint density at radius 2 is 1.88 bits per heavy atom. The maximum atomic E-state index is 12.7. The molecule has 1 saturated carbocycles. The lowest BCUT2D eigenvalue weighted by atomic mass is 9.64. The smallest absolute Gasteiger partial charge is 0.220 e. The van der Waals surface area contributed by atoms with Crippen molar-refractivity contribution in [3.8, 4) is 0 Å². The molecule has 0 unspecified atom stereocenters. The van der Waals surface area contributed by atoms with Gasteiger partial charge < -0.3 is 14.7 Å². The third-order valence-corrected chi connectivity index (χ3v) is 8.13. The van der Waals surface area contributed by atoms with Gasteiger partial charge in [-0.2, -0.15) is 4.31 Å². The maximum Gasteiger partial charge on any atom is 0.220 e. The molecule has 1 N–H and O–H groups in total. The van der Waals surface area contributed by atoms with E-state index in [9.17, 15) is 8.42 Å². The molecule has 2 aromatic rings. The lowest BCUT2D eigenvalue weighted by Crippen LogP contribution is -2.54. The van der Waals surface area contributed by atoms with Crippen molar-refractivity contribution < 1.29 is 12.9 Å². The van der Waals surface area contributed by atoms with E-state index < -0.39 is 10.0 Å². The molecular weight excluding hydrogens is 541 g/mol. The van der Waals surface area contributed by atoms with Crippen molar-refractivity contribution in [2.75, 3.05) is 39.3 Å². The van der Waals surface area contributed by atoms with Gasteiger partial charge in [0.15, 0.2) is 5.96 Å². The van der Waals surface area contributed by atoms with Crippen LogP contribution in [0.1, 0.15) is 37.4 Å². The molecule has 1 aromatic carbocycles. The Morgan fingerprint density at radius 3 is 2.44 bits per heavy atom. The number of nitrogens with one attached hydrogen (secondary N) is 1. The first-order valence-corrected chi connectivity index (χ1v) is 12.6. The fourth-order valence-corrected chi connectivity index (χ4v) is 5.78. The van der Waals surface area contributed by atoms with Crippen LogP contribution in [0.25, 0.3) is 0 Å². The molecular formula is C22H32IN5O3S. The third-order valence-electron chi connectivity index (χ3n) is 6.32. The molecule has 1 saturated heterocycles. The topological polar surface area (TPSA) is 91.0 Å². The van der Waals surface area contributed by atoms with Gasteiger partial charge in [0, 0.05) is 44.2 Å². The van der Waals surface area contributed by atoms with Gasteiger partial charge in [-0.3, -0.25) is 4.99 Å². The second-order valence-corrected chi connectivity index (χ2v) is 10.3. The molecule has 0 spiro atoms. The van der Waals surface area contributed by atoms with Crippen LogP contribution in [0.3, 0.4) is 0 Å². The second kappa shape index (κ2) is 11.0. The van der Waals surface area contributed by atoms with Crippen molar-refractivity contribution in [1.29, 1.82) is 0 Å². The second-order valence-electron chi connectivity index (χ2n) is 8.30. The number of halogens is 1. The third kappa shape index (κ3) is 5.63. The summed E-state index contributed by atoms with van der Waals surface area (Å²) in [6.07, 6.45) is 4.96. The Bertz CT molecular complexity index is 970. The van der Waals surface area contributed by atoms with Crippen LogP contribution >= 0.6 is 24.0 Å². The van der Waals surface area contributed by atoms with E-state index in [1.54, 1.807) is 10.4 Å². The fourth-order valence-electron chi connectivity index (χ4n) is 4.35. The van der Waals surface area contributed by atoms with E-state index in [1.165, 1.54) is 18.2 Å². The molecule has 176 valence electrons. The Kier molecular flexibility index (Phi) is 8.56. The molecule has 1 aliphatic heterocycles. The van der Waals surface area contributed by atoms with Crippen molar-refractivity contribution in [3.05, 3.63) is 53.9 Å². The molecule has 0 bridgehead atoms. The number of sulfonamides is 1. The summed E-state index contributed by atoms with van der Waals surface area (Å²) in [5.41, 5.74) is 1.93. The Balaban J connectivity index is 0.00000289. The number of guanidine groups is 1. The molecule has 2 heterocycles. The highest BCUT2D eigenvalue weighted by molar-refractivity contribution is 14.0. The van der Waals surface area contributed by atoms with Crippen LogP contribution in [0.5, 0.6) is 0 Å². The molecule has 4 rings (SSSR count). The lowest BCUT2D eigenvalue weighted by Gasteiger charge is -2.42. The Labute approximate surface area is 207 Å². The molecule has 2 fully saturated rings. The Hall–Kier alpha value is -1.66. The van der Waals surface area contributed by atoms with Gasteiger partial charge in [0.2, 0.25) is 10.0 Å². The van der Waals surface area contributed by atoms with Gasteiger partial charge in [-0.1, -0.05) is 41.9 Å². The number of aliphatic imine (C=N–C) groups is 1. The summed E-state index contributed by atoms with van der Waals surface area (Å²) in [5.74, 6) is 0.746. The molecule has 0 atom stereocenters. The first kappa shape index (κ1) is 25.0. The zero-order valence-corrected chi connectivity index (χ0v) is 21.6. The number of aromatic nitrogens is 1. The lowest BCUT2D eigenvalue weighted by molar-refractivity contribution is 0.244. The van der Waals surface area contributed by atoms with Gasteiger partial charge in [0.25, 0.3) is 0 Å². The summed E-state index contributed by atoms with van der Waals surface area (Å²) in [5, 5.41) is 7.13. The maximum absolute atomic E-state index is 12.7. The van der Waals surface area contributed by atoms with Gasteiger partial charge in [0.1, 0.15) is 12.0 Å². The van der Waals surface area contributed by atoms with E-state index >= 15 is 0 Å². The first-order valence-electron chi connectivity index (χ1n) is 11.0. The molecule has 8 nitrogen and oxygen atoms in total. The summed E-state index contributed by atoms with van der Waals surface area (Å²) < 4.78 is 31.7. The van der Waals surface area contributed by atoms with Crippen LogP contribution in [0, 0.1) is 0 Å². The zero-order chi connectivity index (χ0) is 21.7. The standard InChI is InChI=1S/C22H31N5O3S.HI/c1-2-23-21(24-18-22(10-6-11-22)19-7-4-3-5-8-19)26-12-14-27(15-13-26)31(28,29)17-20-9-16-30-25-20;/h3-5,7-9,16H,2,6,10-15,17-18H2,1H3,(H,23,24);1H. The van der Waals surface area contributed by atoms with Crippen LogP contribution in [-0.4, -0.2) is 68.0 Å². The normalized spacial score (nSPS) is 19.2. The number of hydrogen-bond acceptors (Lipinski definition) is 5. The fraction of sp³-hybridized carbons (Fsp3) is 0.545. The summed E-state index contributed by atoms with van der Waals surface area (Å²) in [7, 11) is -3.41. The molecule has 1 aliphatic carbocycles. The number of piperazine rings is 1. The summed E-state index contributed by atoms with van der Waals surface area (Å²) in [6, 6.07) is 12.3. The highest BCUT2D eigenvalue weighted by atomic mass is 127. The van der Waals surface area contributed by atoms with Gasteiger partial charge in [-0.05, 0) is 25.3 Å². The van der Waals surface area contributed by atoms with Gasteiger partial charge in [0.05, 0.1) is 12.2 Å². The molecule has 0 radical (unpaired) electrons. The average molecular weight is 574 g/mol. The van der Waals surface area contributed by atoms with Gasteiger partial charge in [-0.15, -0.1) is 24.0 Å². The highest BCUT2D eigenvalue weighted by Crippen LogP contribution is 2.43. The van der Waals surface area contributed by atoms with Gasteiger partial charge in [-0.25, -0.2) is 8.42 Å². The summed E-state index contributed by atoms with van der Waals surface area (Å²) in [4.78, 5) is 7.17. The quantitative estimate of drug-likeness (QED) is 0.311. The van der Waals surface area contributed by atoms with E-state index in [0.717, 1.165) is 31.9 Å². The largest absolute Gasteiger partial charge is 0.364 e. The zero-order valence-electron chi connectivity index (χ0n) is 18.4. The molecule has 1 aromatic heterocycles. The van der Waals surface area contributed by atoms with Crippen molar-refractivity contribution in [3.63, 3.8) is 0 Å². The molecule has 0 amide bonds. The summed E-state index contributed by atoms with van der Waals surface area (Å²) >= 11 is 0. The minimum Gasteiger partial charge on any atom is -0.364 e. The minimum atomic E-state index is -3.41. The number of nitrogens with zero attached hydrogens (tertiary/aromatic N) is 4. The molecule has 10 heteroatoms. The summed E-state index contributed by atoms with van der Waals surface area (Å²) in [6.45, 7) is 5.70. The van der Waals surface area contributed by atoms with Crippen LogP contribution in [0.4, 0.5) is 0 Å². The van der Waals surface area contributed by atoms with Crippen molar-refractivity contribution >= 4 is 40.0 Å². The van der Waals surface area contributed by atoms with Crippen LogP contribution in [0.15, 0.2) is 52.2 Å². The Morgan fingerprint density at radius 1 is 1.16 bits per heavy atom. The predicted octanol–water partition coefficient (Wildman–Crippen LogP) is 2.83. The van der Waals surface area contributed by atoms with E-state index in [4.69, 9.17) is 9.52 Å². The molecule has 32 heavy (non-hydrogen) atoms. The van der Waals surface area contributed by atoms with E-state index in [-0.39, 0.29) is 35.1 Å². The van der Waals surface area contributed by atoms with E-state index in [2.05, 4.69) is 52.6 Å². The minimum absolute atomic E-state index is 0. The first-order chi connectivity index (χ1) is 15.0. The average Bonchev–Trinajstić information content (AvgIpc) is 3.25. The monoisotopic (exact) mass is 573 g/mol. The number of rotatable bonds is 7. The van der Waals surface area contributed by atoms with Crippen LogP contribution < -0.4 is 5.32 Å². The van der Waals surface area contributed by atoms with Crippen molar-refractivity contribution in [1.82, 2.24) is 19.7 Å². The van der Waals surface area contributed by atoms with Crippen molar-refractivity contribution in [2.24, 2.45) is 4.99 Å². The molecule has 2 aliphatic rings. The SMILES string of the molecule is CCNC(=NCC1(c2ccccc2)CCC1)N1CCN(S(=O)(=O)Cc2ccon2)CC1.I. The van der Waals surface area contributed by atoms with Crippen molar-refractivity contribution in [2.45, 2.75) is 37.4 Å². The van der Waals surface area contributed by atoms with Crippen LogP contribution in [0.2, 0.25) is 0 Å². The number of benzene rings is 1.